The van der Waals surface area contributed by atoms with Crippen molar-refractivity contribution in [3.63, 3.8) is 0 Å². The Kier molecular flexibility index (Phi) is 5.86. The monoisotopic (exact) mass is 406 g/mol. The lowest BCUT2D eigenvalue weighted by molar-refractivity contribution is 0.168. The van der Waals surface area contributed by atoms with Gasteiger partial charge in [-0.25, -0.2) is 9.59 Å². The van der Waals surface area contributed by atoms with Crippen LogP contribution in [0.3, 0.4) is 0 Å². The van der Waals surface area contributed by atoms with Crippen molar-refractivity contribution in [1.29, 1.82) is 0 Å². The number of benzene rings is 2. The molecule has 6 nitrogen and oxygen atoms in total. The van der Waals surface area contributed by atoms with Crippen LogP contribution >= 0.6 is 0 Å². The third-order valence-corrected chi connectivity index (χ3v) is 5.52. The van der Waals surface area contributed by atoms with Gasteiger partial charge >= 0.3 is 11.7 Å². The predicted octanol–water partition coefficient (Wildman–Crippen LogP) is 5.01. The van der Waals surface area contributed by atoms with Gasteiger partial charge in [0.25, 0.3) is 0 Å². The Hall–Kier alpha value is -3.12. The van der Waals surface area contributed by atoms with E-state index in [1.807, 2.05) is 6.07 Å². The van der Waals surface area contributed by atoms with Crippen LogP contribution in [0, 0.1) is 6.92 Å². The van der Waals surface area contributed by atoms with Crippen molar-refractivity contribution < 1.29 is 13.9 Å². The molecule has 1 unspecified atom stereocenters. The van der Waals surface area contributed by atoms with Gasteiger partial charge in [-0.15, -0.1) is 0 Å². The molecule has 2 aromatic carbocycles. The molecule has 1 aromatic heterocycles. The summed E-state index contributed by atoms with van der Waals surface area (Å²) in [6.07, 6.45) is 1.70. The molecule has 1 saturated heterocycles. The van der Waals surface area contributed by atoms with Crippen molar-refractivity contribution >= 4 is 22.7 Å². The van der Waals surface area contributed by atoms with Crippen LogP contribution in [0.4, 0.5) is 10.5 Å². The van der Waals surface area contributed by atoms with Gasteiger partial charge in [-0.3, -0.25) is 10.2 Å². The number of aryl methyl sites for hydroxylation is 1. The Morgan fingerprint density at radius 3 is 2.90 bits per heavy atom. The number of amides is 1. The van der Waals surface area contributed by atoms with E-state index in [1.165, 1.54) is 11.1 Å². The molecule has 6 heteroatoms. The molecular formula is C24H26N2O4. The van der Waals surface area contributed by atoms with Crippen LogP contribution in [0.2, 0.25) is 0 Å². The second-order valence-electron chi connectivity index (χ2n) is 7.69. The lowest BCUT2D eigenvalue weighted by atomic mass is 10.0. The third kappa shape index (κ3) is 4.39. The number of hydrogen-bond donors (Lipinski definition) is 1. The Labute approximate surface area is 175 Å². The molecule has 0 aliphatic carbocycles. The van der Waals surface area contributed by atoms with Crippen molar-refractivity contribution in [1.82, 2.24) is 4.90 Å². The molecule has 1 aliphatic heterocycles. The summed E-state index contributed by atoms with van der Waals surface area (Å²) in [6.45, 7) is 5.80. The SMILES string of the molecule is CCOC(=O)Nc1ccc2c(CN3CCCC3c3cccc(C)c3)cc(=O)oc2c1. The highest BCUT2D eigenvalue weighted by Crippen LogP contribution is 2.34. The first-order chi connectivity index (χ1) is 14.5. The summed E-state index contributed by atoms with van der Waals surface area (Å²) in [6, 6.07) is 15.9. The topological polar surface area (TPSA) is 71.8 Å². The maximum Gasteiger partial charge on any atom is 0.411 e. The van der Waals surface area contributed by atoms with Crippen LogP contribution in [0.5, 0.6) is 0 Å². The van der Waals surface area contributed by atoms with E-state index in [4.69, 9.17) is 9.15 Å². The zero-order valence-electron chi connectivity index (χ0n) is 17.3. The standard InChI is InChI=1S/C24H26N2O4/c1-3-29-24(28)25-19-9-10-20-18(13-23(27)30-22(20)14-19)15-26-11-5-8-21(26)17-7-4-6-16(2)12-17/h4,6-7,9-10,12-14,21H,3,5,8,11,15H2,1-2H3,(H,25,28). The summed E-state index contributed by atoms with van der Waals surface area (Å²) in [5.74, 6) is 0. The van der Waals surface area contributed by atoms with Gasteiger partial charge in [-0.05, 0) is 56.5 Å². The zero-order chi connectivity index (χ0) is 21.1. The second kappa shape index (κ2) is 8.71. The van der Waals surface area contributed by atoms with E-state index in [-0.39, 0.29) is 6.61 Å². The molecule has 30 heavy (non-hydrogen) atoms. The van der Waals surface area contributed by atoms with Crippen LogP contribution in [0.1, 0.15) is 42.5 Å². The molecule has 1 aliphatic rings. The van der Waals surface area contributed by atoms with E-state index in [0.717, 1.165) is 30.3 Å². The largest absolute Gasteiger partial charge is 0.450 e. The van der Waals surface area contributed by atoms with Crippen LogP contribution in [-0.4, -0.2) is 24.1 Å². The van der Waals surface area contributed by atoms with Gasteiger partial charge in [-0.2, -0.15) is 0 Å². The smallest absolute Gasteiger partial charge is 0.411 e. The Balaban J connectivity index is 1.62. The van der Waals surface area contributed by atoms with E-state index in [2.05, 4.69) is 41.4 Å². The van der Waals surface area contributed by atoms with Crippen molar-refractivity contribution in [2.45, 2.75) is 39.3 Å². The molecule has 1 N–H and O–H groups in total. The van der Waals surface area contributed by atoms with Crippen LogP contribution in [-0.2, 0) is 11.3 Å². The molecule has 0 radical (unpaired) electrons. The van der Waals surface area contributed by atoms with Crippen molar-refractivity contribution in [3.05, 3.63) is 75.6 Å². The van der Waals surface area contributed by atoms with Gasteiger partial charge in [-0.1, -0.05) is 29.8 Å². The maximum atomic E-state index is 12.2. The van der Waals surface area contributed by atoms with E-state index in [1.54, 1.807) is 25.1 Å². The molecule has 3 aromatic rings. The fraction of sp³-hybridized carbons (Fsp3) is 0.333. The minimum atomic E-state index is -0.534. The average molecular weight is 406 g/mol. The molecule has 4 rings (SSSR count). The Bertz CT molecular complexity index is 1120. The van der Waals surface area contributed by atoms with Crippen molar-refractivity contribution in [2.24, 2.45) is 0 Å². The minimum absolute atomic E-state index is 0.288. The number of anilines is 1. The highest BCUT2D eigenvalue weighted by Gasteiger charge is 2.26. The predicted molar refractivity (Wildman–Crippen MR) is 117 cm³/mol. The summed E-state index contributed by atoms with van der Waals surface area (Å²) in [4.78, 5) is 26.3. The molecule has 1 fully saturated rings. The Morgan fingerprint density at radius 1 is 1.23 bits per heavy atom. The highest BCUT2D eigenvalue weighted by atomic mass is 16.5. The molecule has 2 heterocycles. The number of hydrogen-bond acceptors (Lipinski definition) is 5. The van der Waals surface area contributed by atoms with Crippen LogP contribution in [0.15, 0.2) is 57.7 Å². The summed E-state index contributed by atoms with van der Waals surface area (Å²) >= 11 is 0. The van der Waals surface area contributed by atoms with Crippen molar-refractivity contribution in [2.75, 3.05) is 18.5 Å². The minimum Gasteiger partial charge on any atom is -0.450 e. The number of nitrogens with zero attached hydrogens (tertiary/aromatic N) is 1. The molecule has 1 atom stereocenters. The van der Waals surface area contributed by atoms with Gasteiger partial charge < -0.3 is 9.15 Å². The van der Waals surface area contributed by atoms with E-state index < -0.39 is 11.7 Å². The molecule has 0 spiro atoms. The van der Waals surface area contributed by atoms with E-state index in [0.29, 0.717) is 23.9 Å². The van der Waals surface area contributed by atoms with Crippen molar-refractivity contribution in [3.8, 4) is 0 Å². The van der Waals surface area contributed by atoms with Gasteiger partial charge in [0.05, 0.1) is 6.61 Å². The fourth-order valence-corrected chi connectivity index (χ4v) is 4.21. The van der Waals surface area contributed by atoms with Crippen LogP contribution < -0.4 is 10.9 Å². The number of likely N-dealkylation sites (tertiary alicyclic amines) is 1. The number of carbonyl (C=O) groups is 1. The second-order valence-corrected chi connectivity index (χ2v) is 7.69. The third-order valence-electron chi connectivity index (χ3n) is 5.52. The highest BCUT2D eigenvalue weighted by molar-refractivity contribution is 5.89. The fourth-order valence-electron chi connectivity index (χ4n) is 4.21. The summed E-state index contributed by atoms with van der Waals surface area (Å²) in [7, 11) is 0. The first kappa shape index (κ1) is 20.2. The first-order valence-corrected chi connectivity index (χ1v) is 10.3. The first-order valence-electron chi connectivity index (χ1n) is 10.3. The van der Waals surface area contributed by atoms with E-state index >= 15 is 0 Å². The van der Waals surface area contributed by atoms with Gasteiger partial charge in [0, 0.05) is 35.8 Å². The maximum absolute atomic E-state index is 12.2. The normalized spacial score (nSPS) is 16.7. The quantitative estimate of drug-likeness (QED) is 0.603. The number of nitrogens with one attached hydrogen (secondary N) is 1. The Morgan fingerprint density at radius 2 is 2.10 bits per heavy atom. The van der Waals surface area contributed by atoms with Crippen LogP contribution in [0.25, 0.3) is 11.0 Å². The average Bonchev–Trinajstić information content (AvgIpc) is 3.16. The van der Waals surface area contributed by atoms with E-state index in [9.17, 15) is 9.59 Å². The lowest BCUT2D eigenvalue weighted by Gasteiger charge is -2.25. The summed E-state index contributed by atoms with van der Waals surface area (Å²) < 4.78 is 10.3. The summed E-state index contributed by atoms with van der Waals surface area (Å²) in [5, 5.41) is 3.52. The van der Waals surface area contributed by atoms with Gasteiger partial charge in [0.1, 0.15) is 5.58 Å². The zero-order valence-corrected chi connectivity index (χ0v) is 17.3. The number of ether oxygens (including phenoxy) is 1. The molecule has 0 saturated carbocycles. The van der Waals surface area contributed by atoms with Gasteiger partial charge in [0.15, 0.2) is 0 Å². The number of rotatable bonds is 5. The number of fused-ring (bicyclic) bond motifs is 1. The summed E-state index contributed by atoms with van der Waals surface area (Å²) in [5.41, 5.74) is 4.10. The molecule has 1 amide bonds. The molecule has 156 valence electrons. The number of carbonyl (C=O) groups excluding carboxylic acids is 1. The lowest BCUT2D eigenvalue weighted by Crippen LogP contribution is -2.23. The molecular weight excluding hydrogens is 380 g/mol. The molecule has 0 bridgehead atoms. The van der Waals surface area contributed by atoms with Gasteiger partial charge in [0.2, 0.25) is 0 Å².